The van der Waals surface area contributed by atoms with Gasteiger partial charge in [-0.25, -0.2) is 9.59 Å². The fraction of sp³-hybridized carbons (Fsp3) is 0.529. The zero-order valence-electron chi connectivity index (χ0n) is 14.0. The number of benzene rings is 1. The van der Waals surface area contributed by atoms with Gasteiger partial charge in [0.1, 0.15) is 17.4 Å². The molecular formula is C17H23NO5. The van der Waals surface area contributed by atoms with Crippen LogP contribution in [0.25, 0.3) is 0 Å². The lowest BCUT2D eigenvalue weighted by atomic mass is 9.94. The molecule has 23 heavy (non-hydrogen) atoms. The molecule has 6 nitrogen and oxygen atoms in total. The van der Waals surface area contributed by atoms with Crippen LogP contribution in [0.1, 0.15) is 38.8 Å². The summed E-state index contributed by atoms with van der Waals surface area (Å²) in [6.45, 7) is 7.93. The summed E-state index contributed by atoms with van der Waals surface area (Å²) < 4.78 is 10.8. The molecule has 1 heterocycles. The van der Waals surface area contributed by atoms with Gasteiger partial charge in [0.15, 0.2) is 0 Å². The molecule has 1 atom stereocenters. The van der Waals surface area contributed by atoms with Crippen LogP contribution in [0.15, 0.2) is 18.2 Å². The Morgan fingerprint density at radius 3 is 2.57 bits per heavy atom. The lowest BCUT2D eigenvalue weighted by Crippen LogP contribution is -2.50. The standard InChI is InChI=1S/C17H23NO5/c1-5-22-13-7-6-11-10-18(16(21)23-17(2,3)4)14(15(19)20)9-12(11)8-13/h6-8,14H,5,9-10H2,1-4H3,(H,19,20). The van der Waals surface area contributed by atoms with Gasteiger partial charge < -0.3 is 14.6 Å². The average Bonchev–Trinajstić information content (AvgIpc) is 2.44. The van der Waals surface area contributed by atoms with E-state index in [0.717, 1.165) is 11.1 Å². The lowest BCUT2D eigenvalue weighted by Gasteiger charge is -2.35. The van der Waals surface area contributed by atoms with Crippen LogP contribution in [0, 0.1) is 0 Å². The highest BCUT2D eigenvalue weighted by atomic mass is 16.6. The summed E-state index contributed by atoms with van der Waals surface area (Å²) in [5.41, 5.74) is 1.14. The van der Waals surface area contributed by atoms with Gasteiger partial charge >= 0.3 is 12.1 Å². The Kier molecular flexibility index (Phi) is 4.82. The molecule has 0 fully saturated rings. The van der Waals surface area contributed by atoms with E-state index < -0.39 is 23.7 Å². The molecule has 0 bridgehead atoms. The quantitative estimate of drug-likeness (QED) is 0.926. The van der Waals surface area contributed by atoms with Crippen LogP contribution in [0.2, 0.25) is 0 Å². The summed E-state index contributed by atoms with van der Waals surface area (Å²) >= 11 is 0. The molecule has 2 rings (SSSR count). The number of hydrogen-bond donors (Lipinski definition) is 1. The number of carboxylic acid groups (broad SMARTS) is 1. The van der Waals surface area contributed by atoms with E-state index in [2.05, 4.69) is 0 Å². The van der Waals surface area contributed by atoms with Crippen LogP contribution >= 0.6 is 0 Å². The van der Waals surface area contributed by atoms with E-state index in [4.69, 9.17) is 9.47 Å². The van der Waals surface area contributed by atoms with Gasteiger partial charge in [0, 0.05) is 6.42 Å². The Balaban J connectivity index is 2.28. The number of aliphatic carboxylic acids is 1. The molecule has 126 valence electrons. The van der Waals surface area contributed by atoms with Crippen molar-refractivity contribution in [3.8, 4) is 5.75 Å². The van der Waals surface area contributed by atoms with Gasteiger partial charge in [-0.2, -0.15) is 0 Å². The molecular weight excluding hydrogens is 298 g/mol. The lowest BCUT2D eigenvalue weighted by molar-refractivity contribution is -0.143. The van der Waals surface area contributed by atoms with Gasteiger partial charge in [0.25, 0.3) is 0 Å². The topological polar surface area (TPSA) is 76.1 Å². The van der Waals surface area contributed by atoms with Crippen LogP contribution in [-0.4, -0.2) is 40.3 Å². The van der Waals surface area contributed by atoms with Crippen molar-refractivity contribution in [2.45, 2.75) is 52.3 Å². The van der Waals surface area contributed by atoms with Gasteiger partial charge in [-0.15, -0.1) is 0 Å². The Bertz CT molecular complexity index is 605. The number of hydrogen-bond acceptors (Lipinski definition) is 4. The molecule has 0 radical (unpaired) electrons. The largest absolute Gasteiger partial charge is 0.494 e. The van der Waals surface area contributed by atoms with Gasteiger partial charge in [0.2, 0.25) is 0 Å². The Morgan fingerprint density at radius 1 is 1.30 bits per heavy atom. The molecule has 1 N–H and O–H groups in total. The first kappa shape index (κ1) is 17.1. The summed E-state index contributed by atoms with van der Waals surface area (Å²) in [7, 11) is 0. The highest BCUT2D eigenvalue weighted by molar-refractivity contribution is 5.81. The van der Waals surface area contributed by atoms with Crippen molar-refractivity contribution in [3.05, 3.63) is 29.3 Å². The Hall–Kier alpha value is -2.24. The molecule has 1 aromatic carbocycles. The number of nitrogens with zero attached hydrogens (tertiary/aromatic N) is 1. The van der Waals surface area contributed by atoms with E-state index in [1.54, 1.807) is 20.8 Å². The van der Waals surface area contributed by atoms with Crippen molar-refractivity contribution in [3.63, 3.8) is 0 Å². The molecule has 1 aromatic rings. The van der Waals surface area contributed by atoms with Crippen molar-refractivity contribution in [2.24, 2.45) is 0 Å². The van der Waals surface area contributed by atoms with Crippen LogP contribution in [0.5, 0.6) is 5.75 Å². The first-order chi connectivity index (χ1) is 10.7. The maximum atomic E-state index is 12.3. The molecule has 0 aliphatic carbocycles. The maximum Gasteiger partial charge on any atom is 0.411 e. The van der Waals surface area contributed by atoms with Crippen molar-refractivity contribution < 1.29 is 24.2 Å². The highest BCUT2D eigenvalue weighted by Crippen LogP contribution is 2.28. The predicted molar refractivity (Wildman–Crippen MR) is 84.5 cm³/mol. The number of carbonyl (C=O) groups excluding carboxylic acids is 1. The van der Waals surface area contributed by atoms with Crippen molar-refractivity contribution in [1.82, 2.24) is 4.90 Å². The number of ether oxygens (including phenoxy) is 2. The second-order valence-corrected chi connectivity index (χ2v) is 6.53. The van der Waals surface area contributed by atoms with Crippen molar-refractivity contribution in [2.75, 3.05) is 6.61 Å². The molecule has 1 aliphatic heterocycles. The molecule has 1 unspecified atom stereocenters. The number of fused-ring (bicyclic) bond motifs is 1. The summed E-state index contributed by atoms with van der Waals surface area (Å²) in [5.74, 6) is -0.329. The van der Waals surface area contributed by atoms with E-state index in [9.17, 15) is 14.7 Å². The Morgan fingerprint density at radius 2 is 2.00 bits per heavy atom. The average molecular weight is 321 g/mol. The van der Waals surface area contributed by atoms with Crippen molar-refractivity contribution >= 4 is 12.1 Å². The minimum Gasteiger partial charge on any atom is -0.494 e. The maximum absolute atomic E-state index is 12.3. The van der Waals surface area contributed by atoms with E-state index >= 15 is 0 Å². The van der Waals surface area contributed by atoms with Gasteiger partial charge in [-0.3, -0.25) is 4.90 Å². The summed E-state index contributed by atoms with van der Waals surface area (Å²) in [5, 5.41) is 9.47. The van der Waals surface area contributed by atoms with E-state index in [0.29, 0.717) is 12.4 Å². The van der Waals surface area contributed by atoms with Crippen LogP contribution in [-0.2, 0) is 22.5 Å². The number of carboxylic acids is 1. The third-order valence-electron chi connectivity index (χ3n) is 3.53. The highest BCUT2D eigenvalue weighted by Gasteiger charge is 2.37. The molecule has 0 saturated carbocycles. The minimum atomic E-state index is -1.04. The molecule has 0 aromatic heterocycles. The minimum absolute atomic E-state index is 0.216. The molecule has 1 amide bonds. The fourth-order valence-electron chi connectivity index (χ4n) is 2.55. The number of amides is 1. The fourth-order valence-corrected chi connectivity index (χ4v) is 2.55. The normalized spacial score (nSPS) is 17.4. The van der Waals surface area contributed by atoms with Crippen LogP contribution < -0.4 is 4.74 Å². The summed E-state index contributed by atoms with van der Waals surface area (Å²) in [6, 6.07) is 4.61. The number of rotatable bonds is 3. The van der Waals surface area contributed by atoms with Crippen molar-refractivity contribution in [1.29, 1.82) is 0 Å². The first-order valence-electron chi connectivity index (χ1n) is 7.68. The second kappa shape index (κ2) is 6.48. The molecule has 0 saturated heterocycles. The van der Waals surface area contributed by atoms with Gasteiger partial charge in [0.05, 0.1) is 13.2 Å². The SMILES string of the molecule is CCOc1ccc2c(c1)CC(C(=O)O)N(C(=O)OC(C)(C)C)C2. The first-order valence-corrected chi connectivity index (χ1v) is 7.68. The van der Waals surface area contributed by atoms with Crippen LogP contribution in [0.3, 0.4) is 0 Å². The zero-order chi connectivity index (χ0) is 17.2. The van der Waals surface area contributed by atoms with Crippen LogP contribution in [0.4, 0.5) is 4.79 Å². The summed E-state index contributed by atoms with van der Waals surface area (Å²) in [6.07, 6.45) is -0.366. The number of carbonyl (C=O) groups is 2. The monoisotopic (exact) mass is 321 g/mol. The van der Waals surface area contributed by atoms with E-state index in [1.165, 1.54) is 4.90 Å². The van der Waals surface area contributed by atoms with E-state index in [1.807, 2.05) is 25.1 Å². The molecule has 0 spiro atoms. The third kappa shape index (κ3) is 4.15. The predicted octanol–water partition coefficient (Wildman–Crippen LogP) is 2.83. The van der Waals surface area contributed by atoms with Gasteiger partial charge in [-0.1, -0.05) is 6.07 Å². The smallest absolute Gasteiger partial charge is 0.411 e. The Labute approximate surface area is 136 Å². The third-order valence-corrected chi connectivity index (χ3v) is 3.53. The van der Waals surface area contributed by atoms with Gasteiger partial charge in [-0.05, 0) is 51.0 Å². The molecule has 6 heteroatoms. The van der Waals surface area contributed by atoms with E-state index in [-0.39, 0.29) is 13.0 Å². The zero-order valence-corrected chi connectivity index (χ0v) is 14.0. The summed E-state index contributed by atoms with van der Waals surface area (Å²) in [4.78, 5) is 25.2. The second-order valence-electron chi connectivity index (χ2n) is 6.53. The molecule has 1 aliphatic rings.